The van der Waals surface area contributed by atoms with Crippen LogP contribution in [0, 0.1) is 0 Å². The van der Waals surface area contributed by atoms with Crippen LogP contribution in [0.2, 0.25) is 0 Å². The number of likely N-dealkylation sites (N-methyl/N-ethyl adjacent to an activating group) is 1. The predicted molar refractivity (Wildman–Crippen MR) is 128 cm³/mol. The van der Waals surface area contributed by atoms with Gasteiger partial charge in [-0.2, -0.15) is 5.10 Å². The van der Waals surface area contributed by atoms with Gasteiger partial charge >= 0.3 is 0 Å². The summed E-state index contributed by atoms with van der Waals surface area (Å²) in [7, 11) is 3.27. The van der Waals surface area contributed by atoms with E-state index in [0.717, 1.165) is 47.6 Å². The summed E-state index contributed by atoms with van der Waals surface area (Å²) < 4.78 is 13.0. The van der Waals surface area contributed by atoms with Gasteiger partial charge in [0.05, 0.1) is 25.6 Å². The van der Waals surface area contributed by atoms with Crippen molar-refractivity contribution in [2.24, 2.45) is 0 Å². The summed E-state index contributed by atoms with van der Waals surface area (Å²) >= 11 is 0. The third-order valence-corrected chi connectivity index (χ3v) is 6.83. The van der Waals surface area contributed by atoms with Gasteiger partial charge in [-0.15, -0.1) is 0 Å². The Bertz CT molecular complexity index is 1170. The summed E-state index contributed by atoms with van der Waals surface area (Å²) in [6.45, 7) is 4.94. The van der Waals surface area contributed by atoms with Crippen LogP contribution in [0.15, 0.2) is 42.5 Å². The van der Waals surface area contributed by atoms with Gasteiger partial charge in [0, 0.05) is 30.1 Å². The molecule has 2 heterocycles. The van der Waals surface area contributed by atoms with Crippen molar-refractivity contribution in [3.8, 4) is 28.4 Å². The Morgan fingerprint density at radius 3 is 2.64 bits per heavy atom. The summed E-state index contributed by atoms with van der Waals surface area (Å²) in [6, 6.07) is 14.3. The minimum atomic E-state index is -0.115. The fourth-order valence-electron chi connectivity index (χ4n) is 5.15. The van der Waals surface area contributed by atoms with Crippen LogP contribution in [0.25, 0.3) is 16.9 Å². The summed E-state index contributed by atoms with van der Waals surface area (Å²) in [5.41, 5.74) is 5.42. The van der Waals surface area contributed by atoms with Gasteiger partial charge in [-0.05, 0) is 55.8 Å². The molecule has 0 spiro atoms. The number of carbonyl (C=O) groups is 1. The number of amides is 1. The number of methoxy groups -OCH3 is 2. The summed E-state index contributed by atoms with van der Waals surface area (Å²) in [5, 5.41) is 7.97. The highest BCUT2D eigenvalue weighted by atomic mass is 16.5. The van der Waals surface area contributed by atoms with Crippen LogP contribution in [0.1, 0.15) is 41.4 Å². The van der Waals surface area contributed by atoms with Crippen LogP contribution in [0.4, 0.5) is 0 Å². The highest BCUT2D eigenvalue weighted by Gasteiger charge is 2.33. The van der Waals surface area contributed by atoms with Crippen LogP contribution in [0.3, 0.4) is 0 Å². The third kappa shape index (κ3) is 3.76. The number of likely N-dealkylation sites (tertiary alicyclic amines) is 1. The lowest BCUT2D eigenvalue weighted by atomic mass is 10.1. The number of ether oxygens (including phenoxy) is 2. The molecular formula is C26H30N4O3. The zero-order valence-electron chi connectivity index (χ0n) is 19.4. The SMILES string of the molecule is CCN1CCC[C@H]1CNC(=O)c1nn(-c2ccccc2)c2c1Cc1cc(OC)c(OC)cc1-2. The molecule has 5 rings (SSSR count). The first-order chi connectivity index (χ1) is 16.1. The third-order valence-electron chi connectivity index (χ3n) is 6.83. The van der Waals surface area contributed by atoms with Crippen molar-refractivity contribution in [2.45, 2.75) is 32.2 Å². The van der Waals surface area contributed by atoms with E-state index in [0.29, 0.717) is 36.2 Å². The van der Waals surface area contributed by atoms with Gasteiger partial charge < -0.3 is 14.8 Å². The fraction of sp³-hybridized carbons (Fsp3) is 0.385. The fourth-order valence-corrected chi connectivity index (χ4v) is 5.15. The lowest BCUT2D eigenvalue weighted by Gasteiger charge is -2.22. The number of nitrogens with one attached hydrogen (secondary N) is 1. The molecule has 1 aromatic heterocycles. The van der Waals surface area contributed by atoms with E-state index in [9.17, 15) is 4.79 Å². The Kier molecular flexibility index (Phi) is 5.81. The summed E-state index contributed by atoms with van der Waals surface area (Å²) in [4.78, 5) is 15.8. The first-order valence-electron chi connectivity index (χ1n) is 11.6. The van der Waals surface area contributed by atoms with Gasteiger partial charge in [0.2, 0.25) is 0 Å². The van der Waals surface area contributed by atoms with E-state index in [1.807, 2.05) is 47.1 Å². The molecule has 172 valence electrons. The van der Waals surface area contributed by atoms with E-state index < -0.39 is 0 Å². The maximum absolute atomic E-state index is 13.3. The predicted octanol–water partition coefficient (Wildman–Crippen LogP) is 3.67. The number of hydrogen-bond acceptors (Lipinski definition) is 5. The number of aromatic nitrogens is 2. The monoisotopic (exact) mass is 446 g/mol. The molecule has 3 aromatic rings. The Labute approximate surface area is 194 Å². The van der Waals surface area contributed by atoms with E-state index in [-0.39, 0.29) is 5.91 Å². The van der Waals surface area contributed by atoms with Gasteiger partial charge in [-0.1, -0.05) is 25.1 Å². The van der Waals surface area contributed by atoms with Crippen molar-refractivity contribution in [2.75, 3.05) is 33.9 Å². The maximum atomic E-state index is 13.3. The number of rotatable bonds is 7. The molecule has 1 saturated heterocycles. The van der Waals surface area contributed by atoms with Crippen LogP contribution >= 0.6 is 0 Å². The topological polar surface area (TPSA) is 68.6 Å². The van der Waals surface area contributed by atoms with Crippen LogP contribution < -0.4 is 14.8 Å². The van der Waals surface area contributed by atoms with Crippen LogP contribution in [-0.2, 0) is 6.42 Å². The number of fused-ring (bicyclic) bond motifs is 3. The van der Waals surface area contributed by atoms with Crippen LogP contribution in [-0.4, -0.2) is 60.5 Å². The second kappa shape index (κ2) is 8.90. The Morgan fingerprint density at radius 2 is 1.91 bits per heavy atom. The number of benzene rings is 2. The zero-order chi connectivity index (χ0) is 22.9. The van der Waals surface area contributed by atoms with Crippen molar-refractivity contribution in [3.63, 3.8) is 0 Å². The Morgan fingerprint density at radius 1 is 1.15 bits per heavy atom. The average Bonchev–Trinajstić information content (AvgIpc) is 3.55. The second-order valence-electron chi connectivity index (χ2n) is 8.60. The molecule has 2 aromatic carbocycles. The minimum absolute atomic E-state index is 0.115. The van der Waals surface area contributed by atoms with E-state index in [2.05, 4.69) is 17.1 Å². The minimum Gasteiger partial charge on any atom is -0.493 e. The molecule has 1 aliphatic carbocycles. The van der Waals surface area contributed by atoms with Gasteiger partial charge in [0.15, 0.2) is 17.2 Å². The standard InChI is InChI=1S/C26H30N4O3/c1-4-29-12-8-11-19(29)16-27-26(31)24-21-13-17-14-22(32-2)23(33-3)15-20(17)25(21)30(28-24)18-9-6-5-7-10-18/h5-7,9-10,14-15,19H,4,8,11-13,16H2,1-3H3,(H,27,31)/t19-/m0/s1. The lowest BCUT2D eigenvalue weighted by Crippen LogP contribution is -2.40. The quantitative estimate of drug-likeness (QED) is 0.469. The molecule has 1 atom stereocenters. The highest BCUT2D eigenvalue weighted by Crippen LogP contribution is 2.44. The molecule has 1 fully saturated rings. The highest BCUT2D eigenvalue weighted by molar-refractivity contribution is 5.97. The van der Waals surface area contributed by atoms with Gasteiger partial charge in [0.1, 0.15) is 0 Å². The molecule has 7 heteroatoms. The molecule has 0 saturated carbocycles. The normalized spacial score (nSPS) is 17.0. The Hall–Kier alpha value is -3.32. The first-order valence-corrected chi connectivity index (χ1v) is 11.6. The first kappa shape index (κ1) is 21.5. The largest absolute Gasteiger partial charge is 0.493 e. The zero-order valence-corrected chi connectivity index (χ0v) is 19.4. The average molecular weight is 447 g/mol. The maximum Gasteiger partial charge on any atom is 0.272 e. The summed E-state index contributed by atoms with van der Waals surface area (Å²) in [5.74, 6) is 1.24. The van der Waals surface area contributed by atoms with E-state index in [1.165, 1.54) is 6.42 Å². The van der Waals surface area contributed by atoms with Gasteiger partial charge in [-0.25, -0.2) is 4.68 Å². The van der Waals surface area contributed by atoms with Crippen LogP contribution in [0.5, 0.6) is 11.5 Å². The molecule has 2 aliphatic rings. The van der Waals surface area contributed by atoms with E-state index in [1.54, 1.807) is 14.2 Å². The number of para-hydroxylation sites is 1. The smallest absolute Gasteiger partial charge is 0.272 e. The molecule has 7 nitrogen and oxygen atoms in total. The van der Waals surface area contributed by atoms with Crippen molar-refractivity contribution < 1.29 is 14.3 Å². The molecule has 33 heavy (non-hydrogen) atoms. The van der Waals surface area contributed by atoms with Crippen molar-refractivity contribution >= 4 is 5.91 Å². The Balaban J connectivity index is 1.53. The number of carbonyl (C=O) groups excluding carboxylic acids is 1. The molecule has 1 aliphatic heterocycles. The molecule has 1 N–H and O–H groups in total. The lowest BCUT2D eigenvalue weighted by molar-refractivity contribution is 0.0935. The molecule has 1 amide bonds. The number of hydrogen-bond donors (Lipinski definition) is 1. The number of nitrogens with zero attached hydrogens (tertiary/aromatic N) is 3. The molecule has 0 unspecified atom stereocenters. The second-order valence-corrected chi connectivity index (χ2v) is 8.60. The van der Waals surface area contributed by atoms with Crippen molar-refractivity contribution in [1.29, 1.82) is 0 Å². The van der Waals surface area contributed by atoms with Gasteiger partial charge in [0.25, 0.3) is 5.91 Å². The van der Waals surface area contributed by atoms with Crippen molar-refractivity contribution in [1.82, 2.24) is 20.0 Å². The summed E-state index contributed by atoms with van der Waals surface area (Å²) in [6.07, 6.45) is 2.94. The van der Waals surface area contributed by atoms with E-state index in [4.69, 9.17) is 14.6 Å². The molecule has 0 bridgehead atoms. The molecule has 0 radical (unpaired) electrons. The van der Waals surface area contributed by atoms with Crippen molar-refractivity contribution in [3.05, 3.63) is 59.3 Å². The van der Waals surface area contributed by atoms with Gasteiger partial charge in [-0.3, -0.25) is 9.69 Å². The van der Waals surface area contributed by atoms with E-state index >= 15 is 0 Å². The molecular weight excluding hydrogens is 416 g/mol.